The average Bonchev–Trinajstić information content (AvgIpc) is 2.64. The lowest BCUT2D eigenvalue weighted by Gasteiger charge is -2.35. The molecule has 0 aromatic heterocycles. The Balaban J connectivity index is 0. The van der Waals surface area contributed by atoms with E-state index >= 15 is 0 Å². The summed E-state index contributed by atoms with van der Waals surface area (Å²) >= 11 is 5.32. The number of quaternary nitrogens is 1. The quantitative estimate of drug-likeness (QED) is 0.194. The summed E-state index contributed by atoms with van der Waals surface area (Å²) in [5, 5.41) is 6.82. The van der Waals surface area contributed by atoms with Gasteiger partial charge in [0.2, 0.25) is 5.24 Å². The van der Waals surface area contributed by atoms with Crippen LogP contribution in [0.15, 0.2) is 0 Å². The van der Waals surface area contributed by atoms with Crippen molar-refractivity contribution in [3.8, 4) is 0 Å². The first-order chi connectivity index (χ1) is 12.1. The Bertz CT molecular complexity index is 273. The standard InChI is InChI=1S/C20H41ClNO.CH4O/c1-4-22(5-2,6-3)19-17-15-13-11-9-7-8-10-12-14-16-18-20(21)23;1-2/h4-19H2,1-3H3;2H,1H3/q+1;. The molecule has 25 heavy (non-hydrogen) atoms. The van der Waals surface area contributed by atoms with Gasteiger partial charge in [0.25, 0.3) is 0 Å². The van der Waals surface area contributed by atoms with E-state index in [2.05, 4.69) is 20.8 Å². The highest BCUT2D eigenvalue weighted by Crippen LogP contribution is 2.14. The molecule has 0 atom stereocenters. The van der Waals surface area contributed by atoms with Crippen molar-refractivity contribution in [2.45, 2.75) is 97.8 Å². The van der Waals surface area contributed by atoms with E-state index in [4.69, 9.17) is 16.7 Å². The molecule has 0 saturated carbocycles. The van der Waals surface area contributed by atoms with Gasteiger partial charge in [-0.2, -0.15) is 0 Å². The van der Waals surface area contributed by atoms with Gasteiger partial charge < -0.3 is 9.59 Å². The van der Waals surface area contributed by atoms with Crippen molar-refractivity contribution in [1.82, 2.24) is 0 Å². The van der Waals surface area contributed by atoms with Crippen molar-refractivity contribution >= 4 is 16.8 Å². The molecule has 0 fully saturated rings. The van der Waals surface area contributed by atoms with Crippen LogP contribution in [0.5, 0.6) is 0 Å². The number of hydrogen-bond acceptors (Lipinski definition) is 2. The molecule has 0 amide bonds. The first kappa shape index (κ1) is 27.1. The van der Waals surface area contributed by atoms with Gasteiger partial charge in [0.05, 0.1) is 26.2 Å². The molecule has 4 heteroatoms. The summed E-state index contributed by atoms with van der Waals surface area (Å²) in [5.41, 5.74) is 0. The van der Waals surface area contributed by atoms with Crippen molar-refractivity contribution in [3.63, 3.8) is 0 Å². The summed E-state index contributed by atoms with van der Waals surface area (Å²) in [4.78, 5) is 10.6. The van der Waals surface area contributed by atoms with Crippen molar-refractivity contribution in [1.29, 1.82) is 0 Å². The predicted molar refractivity (Wildman–Crippen MR) is 111 cm³/mol. The zero-order valence-corrected chi connectivity index (χ0v) is 18.3. The molecule has 1 N–H and O–H groups in total. The van der Waals surface area contributed by atoms with Crippen LogP contribution in [0.1, 0.15) is 97.8 Å². The third kappa shape index (κ3) is 17.1. The molecule has 0 spiro atoms. The van der Waals surface area contributed by atoms with Gasteiger partial charge in [-0.05, 0) is 51.6 Å². The molecule has 0 heterocycles. The van der Waals surface area contributed by atoms with Gasteiger partial charge in [0.15, 0.2) is 0 Å². The second-order valence-electron chi connectivity index (χ2n) is 7.01. The van der Waals surface area contributed by atoms with Gasteiger partial charge >= 0.3 is 0 Å². The molecule has 0 aliphatic carbocycles. The number of unbranched alkanes of at least 4 members (excludes halogenated alkanes) is 10. The largest absolute Gasteiger partial charge is 0.400 e. The Hall–Kier alpha value is -0.120. The monoisotopic (exact) mass is 378 g/mol. The lowest BCUT2D eigenvalue weighted by molar-refractivity contribution is -0.923. The molecule has 3 nitrogen and oxygen atoms in total. The van der Waals surface area contributed by atoms with Crippen LogP contribution < -0.4 is 0 Å². The average molecular weight is 379 g/mol. The maximum absolute atomic E-state index is 10.6. The van der Waals surface area contributed by atoms with Crippen LogP contribution >= 0.6 is 11.6 Å². The molecule has 0 rings (SSSR count). The molecule has 152 valence electrons. The number of aliphatic hydroxyl groups is 1. The molecule has 0 bridgehead atoms. The Labute approximate surface area is 162 Å². The minimum absolute atomic E-state index is 0.183. The zero-order chi connectivity index (χ0) is 19.4. The Morgan fingerprint density at radius 2 is 1.00 bits per heavy atom. The molecule has 0 aromatic rings. The summed E-state index contributed by atoms with van der Waals surface area (Å²) in [6.07, 6.45) is 15.0. The van der Waals surface area contributed by atoms with Gasteiger partial charge in [-0.1, -0.05) is 51.4 Å². The fourth-order valence-corrected chi connectivity index (χ4v) is 3.58. The van der Waals surface area contributed by atoms with Crippen LogP contribution in [0.4, 0.5) is 0 Å². The van der Waals surface area contributed by atoms with E-state index in [1.807, 2.05) is 0 Å². The Kier molecular flexibility index (Phi) is 21.9. The van der Waals surface area contributed by atoms with Crippen LogP contribution in [0.2, 0.25) is 0 Å². The molecule has 0 saturated heterocycles. The summed E-state index contributed by atoms with van der Waals surface area (Å²) in [5.74, 6) is 0. The minimum atomic E-state index is -0.183. The van der Waals surface area contributed by atoms with Gasteiger partial charge in [-0.25, -0.2) is 0 Å². The Morgan fingerprint density at radius 1 is 0.680 bits per heavy atom. The zero-order valence-electron chi connectivity index (χ0n) is 17.5. The van der Waals surface area contributed by atoms with Gasteiger partial charge in [0.1, 0.15) is 0 Å². The smallest absolute Gasteiger partial charge is 0.221 e. The van der Waals surface area contributed by atoms with Crippen LogP contribution in [-0.2, 0) is 4.79 Å². The molecule has 0 unspecified atom stereocenters. The second-order valence-corrected chi connectivity index (χ2v) is 7.43. The minimum Gasteiger partial charge on any atom is -0.400 e. The number of carbonyl (C=O) groups excluding carboxylic acids is 1. The third-order valence-electron chi connectivity index (χ3n) is 5.52. The van der Waals surface area contributed by atoms with E-state index in [1.165, 1.54) is 88.4 Å². The number of carbonyl (C=O) groups is 1. The summed E-state index contributed by atoms with van der Waals surface area (Å²) in [7, 11) is 1.00. The van der Waals surface area contributed by atoms with Gasteiger partial charge in [0, 0.05) is 13.5 Å². The number of aliphatic hydroxyl groups excluding tert-OH is 1. The predicted octanol–water partition coefficient (Wildman–Crippen LogP) is 5.92. The maximum atomic E-state index is 10.6. The lowest BCUT2D eigenvalue weighted by Crippen LogP contribution is -2.48. The van der Waals surface area contributed by atoms with E-state index < -0.39 is 0 Å². The lowest BCUT2D eigenvalue weighted by atomic mass is 10.0. The molecule has 0 aliphatic rings. The maximum Gasteiger partial charge on any atom is 0.221 e. The molecule has 0 aliphatic heterocycles. The van der Waals surface area contributed by atoms with Crippen LogP contribution in [0.3, 0.4) is 0 Å². The van der Waals surface area contributed by atoms with Gasteiger partial charge in [-0.15, -0.1) is 0 Å². The number of rotatable bonds is 17. The topological polar surface area (TPSA) is 37.3 Å². The van der Waals surface area contributed by atoms with Crippen molar-refractivity contribution < 1.29 is 14.4 Å². The molecule has 0 radical (unpaired) electrons. The summed E-state index contributed by atoms with van der Waals surface area (Å²) < 4.78 is 1.30. The first-order valence-corrected chi connectivity index (χ1v) is 11.0. The summed E-state index contributed by atoms with van der Waals surface area (Å²) in [6.45, 7) is 12.2. The van der Waals surface area contributed by atoms with E-state index in [-0.39, 0.29) is 5.24 Å². The van der Waals surface area contributed by atoms with Gasteiger partial charge in [-0.3, -0.25) is 4.79 Å². The number of halogens is 1. The highest BCUT2D eigenvalue weighted by Gasteiger charge is 2.19. The third-order valence-corrected chi connectivity index (χ3v) is 5.71. The molecular formula is C21H45ClNO2+. The van der Waals surface area contributed by atoms with Crippen LogP contribution in [0, 0.1) is 0 Å². The highest BCUT2D eigenvalue weighted by atomic mass is 35.5. The highest BCUT2D eigenvalue weighted by molar-refractivity contribution is 6.63. The fourth-order valence-electron chi connectivity index (χ4n) is 3.45. The van der Waals surface area contributed by atoms with E-state index in [9.17, 15) is 4.79 Å². The Morgan fingerprint density at radius 3 is 1.32 bits per heavy atom. The fraction of sp³-hybridized carbons (Fsp3) is 0.952. The first-order valence-electron chi connectivity index (χ1n) is 10.6. The normalized spacial score (nSPS) is 11.1. The van der Waals surface area contributed by atoms with E-state index in [0.29, 0.717) is 6.42 Å². The number of hydrogen-bond donors (Lipinski definition) is 1. The molecular weight excluding hydrogens is 334 g/mol. The van der Waals surface area contributed by atoms with E-state index in [1.54, 1.807) is 0 Å². The SMILES string of the molecule is CC[N+](CC)(CC)CCCCCCCCCCCCCC(=O)Cl.CO. The van der Waals surface area contributed by atoms with Crippen molar-refractivity contribution in [2.75, 3.05) is 33.3 Å². The van der Waals surface area contributed by atoms with Crippen molar-refractivity contribution in [3.05, 3.63) is 0 Å². The van der Waals surface area contributed by atoms with Crippen molar-refractivity contribution in [2.24, 2.45) is 0 Å². The molecule has 0 aromatic carbocycles. The van der Waals surface area contributed by atoms with E-state index in [0.717, 1.165) is 20.0 Å². The second kappa shape index (κ2) is 20.2. The summed E-state index contributed by atoms with van der Waals surface area (Å²) in [6, 6.07) is 0. The number of nitrogens with zero attached hydrogens (tertiary/aromatic N) is 1. The van der Waals surface area contributed by atoms with Crippen LogP contribution in [0.25, 0.3) is 0 Å². The van der Waals surface area contributed by atoms with Crippen LogP contribution in [-0.4, -0.2) is 48.1 Å².